The molecule has 0 aliphatic rings. The summed E-state index contributed by atoms with van der Waals surface area (Å²) in [5, 5.41) is 0. The Kier molecular flexibility index (Phi) is 8.97. The maximum atomic E-state index is 5.53. The van der Waals surface area contributed by atoms with Crippen molar-refractivity contribution in [2.75, 3.05) is 0 Å². The van der Waals surface area contributed by atoms with Gasteiger partial charge in [0, 0.05) is 23.6 Å². The van der Waals surface area contributed by atoms with E-state index in [2.05, 4.69) is 41.2 Å². The molecule has 0 radical (unpaired) electrons. The standard InChI is InChI=1S/C12H12N.C7H7Cl.ClH/c1-3-7-12(8-4-1)11-13-9-5-2-6-10-13;8-6-7-4-2-1-3-5-7;/h1-10H,11H2;1-5H,6H2;1H/q+1;;/p-1. The number of aromatic nitrogens is 1. The molecule has 3 heteroatoms. The van der Waals surface area contributed by atoms with E-state index in [9.17, 15) is 0 Å². The summed E-state index contributed by atoms with van der Waals surface area (Å²) >= 11 is 5.53. The third kappa shape index (κ3) is 6.75. The summed E-state index contributed by atoms with van der Waals surface area (Å²) in [6.07, 6.45) is 4.15. The summed E-state index contributed by atoms with van der Waals surface area (Å²) in [6, 6.07) is 26.5. The molecule has 3 aromatic rings. The van der Waals surface area contributed by atoms with E-state index >= 15 is 0 Å². The van der Waals surface area contributed by atoms with Gasteiger partial charge in [-0.25, -0.2) is 4.57 Å². The highest BCUT2D eigenvalue weighted by atomic mass is 35.5. The van der Waals surface area contributed by atoms with Gasteiger partial charge < -0.3 is 12.4 Å². The molecule has 0 aliphatic heterocycles. The number of alkyl halides is 1. The summed E-state index contributed by atoms with van der Waals surface area (Å²) in [5.41, 5.74) is 2.51. The maximum Gasteiger partial charge on any atom is 0.173 e. The van der Waals surface area contributed by atoms with Gasteiger partial charge in [-0.15, -0.1) is 11.6 Å². The molecule has 1 aromatic heterocycles. The minimum atomic E-state index is 0. The monoisotopic (exact) mass is 331 g/mol. The zero-order valence-corrected chi connectivity index (χ0v) is 13.8. The van der Waals surface area contributed by atoms with Crippen LogP contribution < -0.4 is 17.0 Å². The van der Waals surface area contributed by atoms with Crippen molar-refractivity contribution in [2.45, 2.75) is 12.4 Å². The SMILES string of the molecule is ClCc1ccccc1.[Cl-].c1ccc(C[n+]2ccccc2)cc1. The summed E-state index contributed by atoms with van der Waals surface area (Å²) in [4.78, 5) is 0. The van der Waals surface area contributed by atoms with Crippen LogP contribution in [-0.2, 0) is 12.4 Å². The Labute approximate surface area is 143 Å². The molecule has 0 bridgehead atoms. The van der Waals surface area contributed by atoms with Crippen LogP contribution in [0.2, 0.25) is 0 Å². The number of nitrogens with zero attached hydrogens (tertiary/aromatic N) is 1. The zero-order valence-electron chi connectivity index (χ0n) is 12.3. The van der Waals surface area contributed by atoms with Gasteiger partial charge in [-0.2, -0.15) is 0 Å². The van der Waals surface area contributed by atoms with E-state index < -0.39 is 0 Å². The number of rotatable bonds is 3. The molecule has 0 atom stereocenters. The molecule has 1 heterocycles. The smallest absolute Gasteiger partial charge is 0.173 e. The molecule has 1 nitrogen and oxygen atoms in total. The summed E-state index contributed by atoms with van der Waals surface area (Å²) in [6.45, 7) is 0.946. The Hall–Kier alpha value is -1.83. The van der Waals surface area contributed by atoms with Crippen LogP contribution in [0.15, 0.2) is 91.3 Å². The van der Waals surface area contributed by atoms with Crippen molar-refractivity contribution in [1.82, 2.24) is 0 Å². The Bertz CT molecular complexity index is 575. The van der Waals surface area contributed by atoms with E-state index in [0.29, 0.717) is 5.88 Å². The normalized spacial score (nSPS) is 9.14. The number of hydrogen-bond acceptors (Lipinski definition) is 0. The first kappa shape index (κ1) is 18.2. The molecule has 2 aromatic carbocycles. The van der Waals surface area contributed by atoms with Gasteiger partial charge >= 0.3 is 0 Å². The quantitative estimate of drug-likeness (QED) is 0.505. The van der Waals surface area contributed by atoms with E-state index in [1.807, 2.05) is 54.6 Å². The van der Waals surface area contributed by atoms with Crippen LogP contribution >= 0.6 is 11.6 Å². The van der Waals surface area contributed by atoms with Crippen LogP contribution in [0.4, 0.5) is 0 Å². The average Bonchev–Trinajstić information content (AvgIpc) is 2.58. The van der Waals surface area contributed by atoms with Gasteiger partial charge in [-0.3, -0.25) is 0 Å². The van der Waals surface area contributed by atoms with Crippen molar-refractivity contribution < 1.29 is 17.0 Å². The second-order valence-electron chi connectivity index (χ2n) is 4.65. The van der Waals surface area contributed by atoms with Crippen LogP contribution in [0.25, 0.3) is 0 Å². The third-order valence-corrected chi connectivity index (χ3v) is 3.29. The molecule has 0 saturated carbocycles. The molecule has 0 aliphatic carbocycles. The lowest BCUT2D eigenvalue weighted by Crippen LogP contribution is -3.00. The lowest BCUT2D eigenvalue weighted by atomic mass is 10.2. The highest BCUT2D eigenvalue weighted by molar-refractivity contribution is 6.17. The highest BCUT2D eigenvalue weighted by Crippen LogP contribution is 2.00. The van der Waals surface area contributed by atoms with Crippen molar-refractivity contribution in [2.24, 2.45) is 0 Å². The fourth-order valence-electron chi connectivity index (χ4n) is 1.90. The van der Waals surface area contributed by atoms with Gasteiger partial charge in [0.25, 0.3) is 0 Å². The summed E-state index contributed by atoms with van der Waals surface area (Å²) in [5.74, 6) is 0.612. The van der Waals surface area contributed by atoms with E-state index in [1.54, 1.807) is 0 Å². The molecule has 0 saturated heterocycles. The minimum absolute atomic E-state index is 0. The molecule has 22 heavy (non-hydrogen) atoms. The highest BCUT2D eigenvalue weighted by Gasteiger charge is 1.98. The first-order valence-electron chi connectivity index (χ1n) is 6.96. The summed E-state index contributed by atoms with van der Waals surface area (Å²) < 4.78 is 2.16. The third-order valence-electron chi connectivity index (χ3n) is 2.98. The van der Waals surface area contributed by atoms with E-state index in [0.717, 1.165) is 6.54 Å². The summed E-state index contributed by atoms with van der Waals surface area (Å²) in [7, 11) is 0. The van der Waals surface area contributed by atoms with Gasteiger partial charge in [0.2, 0.25) is 0 Å². The van der Waals surface area contributed by atoms with Crippen molar-refractivity contribution in [1.29, 1.82) is 0 Å². The minimum Gasteiger partial charge on any atom is -1.00 e. The molecule has 3 rings (SSSR count). The van der Waals surface area contributed by atoms with E-state index in [1.165, 1.54) is 11.1 Å². The zero-order chi connectivity index (χ0) is 14.8. The Morgan fingerprint density at radius 3 is 1.55 bits per heavy atom. The van der Waals surface area contributed by atoms with Crippen LogP contribution in [0.1, 0.15) is 11.1 Å². The molecule has 0 unspecified atom stereocenters. The predicted octanol–water partition coefficient (Wildman–Crippen LogP) is 1.45. The predicted molar refractivity (Wildman–Crippen MR) is 88.2 cm³/mol. The topological polar surface area (TPSA) is 3.88 Å². The Balaban J connectivity index is 0.000000234. The molecule has 114 valence electrons. The number of benzene rings is 2. The largest absolute Gasteiger partial charge is 1.00 e. The average molecular weight is 332 g/mol. The fourth-order valence-corrected chi connectivity index (χ4v) is 2.08. The van der Waals surface area contributed by atoms with Crippen LogP contribution in [0.3, 0.4) is 0 Å². The van der Waals surface area contributed by atoms with Gasteiger partial charge in [-0.1, -0.05) is 66.7 Å². The van der Waals surface area contributed by atoms with E-state index in [4.69, 9.17) is 11.6 Å². The molecule has 0 amide bonds. The van der Waals surface area contributed by atoms with Crippen LogP contribution in [0, 0.1) is 0 Å². The van der Waals surface area contributed by atoms with Gasteiger partial charge in [0.05, 0.1) is 0 Å². The molecule has 0 N–H and O–H groups in total. The first-order chi connectivity index (χ1) is 10.4. The second-order valence-corrected chi connectivity index (χ2v) is 4.92. The van der Waals surface area contributed by atoms with Gasteiger partial charge in [-0.05, 0) is 5.56 Å². The lowest BCUT2D eigenvalue weighted by Gasteiger charge is -1.95. The van der Waals surface area contributed by atoms with Crippen molar-refractivity contribution in [3.05, 3.63) is 102 Å². The van der Waals surface area contributed by atoms with E-state index in [-0.39, 0.29) is 12.4 Å². The number of hydrogen-bond donors (Lipinski definition) is 0. The molecular formula is C19H19Cl2N. The van der Waals surface area contributed by atoms with Gasteiger partial charge in [0.15, 0.2) is 18.9 Å². The van der Waals surface area contributed by atoms with Crippen molar-refractivity contribution in [3.63, 3.8) is 0 Å². The van der Waals surface area contributed by atoms with Crippen molar-refractivity contribution >= 4 is 11.6 Å². The first-order valence-corrected chi connectivity index (χ1v) is 7.50. The Morgan fingerprint density at radius 2 is 1.09 bits per heavy atom. The molecule has 0 spiro atoms. The van der Waals surface area contributed by atoms with Crippen LogP contribution in [-0.4, -0.2) is 0 Å². The molecule has 0 fully saturated rings. The maximum absolute atomic E-state index is 5.53. The lowest BCUT2D eigenvalue weighted by molar-refractivity contribution is -0.688. The van der Waals surface area contributed by atoms with Crippen molar-refractivity contribution in [3.8, 4) is 0 Å². The van der Waals surface area contributed by atoms with Gasteiger partial charge in [0.1, 0.15) is 0 Å². The second kappa shape index (κ2) is 10.8. The number of pyridine rings is 1. The van der Waals surface area contributed by atoms with Crippen LogP contribution in [0.5, 0.6) is 0 Å². The fraction of sp³-hybridized carbons (Fsp3) is 0.105. The number of halogens is 2. The Morgan fingerprint density at radius 1 is 0.636 bits per heavy atom. The molecular weight excluding hydrogens is 313 g/mol.